The van der Waals surface area contributed by atoms with Crippen LogP contribution in [0.5, 0.6) is 0 Å². The molecule has 0 rings (SSSR count). The van der Waals surface area contributed by atoms with Crippen LogP contribution in [0.3, 0.4) is 0 Å². The second-order valence-electron chi connectivity index (χ2n) is 3.86. The lowest BCUT2D eigenvalue weighted by molar-refractivity contribution is -0.143. The van der Waals surface area contributed by atoms with E-state index in [4.69, 9.17) is 22.7 Å². The highest BCUT2D eigenvalue weighted by atomic mass is 32.1. The predicted octanol–water partition coefficient (Wildman–Crippen LogP) is 0.758. The minimum atomic E-state index is -0.857. The molecule has 0 bridgehead atoms. The lowest BCUT2D eigenvalue weighted by Gasteiger charge is -2.25. The smallest absolute Gasteiger partial charge is 0.307 e. The molecule has 0 aromatic rings. The highest BCUT2D eigenvalue weighted by molar-refractivity contribution is 7.80. The Balaban J connectivity index is 4.18. The van der Waals surface area contributed by atoms with Crippen LogP contribution in [-0.2, 0) is 14.3 Å². The molecule has 5 nitrogen and oxygen atoms in total. The molecule has 1 amide bonds. The molecule has 0 aliphatic heterocycles. The molecule has 0 saturated heterocycles. The largest absolute Gasteiger partial charge is 0.466 e. The van der Waals surface area contributed by atoms with Gasteiger partial charge in [-0.25, -0.2) is 0 Å². The monoisotopic (exact) mass is 260 g/mol. The number of nitrogens with one attached hydrogen (secondary N) is 1. The number of hydrogen-bond donors (Lipinski definition) is 2. The zero-order valence-electron chi connectivity index (χ0n) is 10.5. The first-order valence-electron chi connectivity index (χ1n) is 5.62. The van der Waals surface area contributed by atoms with Crippen molar-refractivity contribution in [1.82, 2.24) is 5.32 Å². The molecule has 17 heavy (non-hydrogen) atoms. The summed E-state index contributed by atoms with van der Waals surface area (Å²) in [5.74, 6) is -0.585. The van der Waals surface area contributed by atoms with E-state index in [9.17, 15) is 9.59 Å². The number of amides is 1. The molecule has 98 valence electrons. The van der Waals surface area contributed by atoms with E-state index in [1.54, 1.807) is 13.8 Å². The Bertz CT molecular complexity index is 307. The molecular weight excluding hydrogens is 240 g/mol. The number of esters is 1. The molecular formula is C11H20N2O3S. The van der Waals surface area contributed by atoms with Crippen molar-refractivity contribution in [3.8, 4) is 0 Å². The highest BCUT2D eigenvalue weighted by Crippen LogP contribution is 2.21. The fourth-order valence-electron chi connectivity index (χ4n) is 1.15. The Hall–Kier alpha value is -1.17. The first kappa shape index (κ1) is 15.8. The van der Waals surface area contributed by atoms with Crippen molar-refractivity contribution in [2.45, 2.75) is 33.6 Å². The van der Waals surface area contributed by atoms with Gasteiger partial charge in [-0.05, 0) is 20.3 Å². The quantitative estimate of drug-likeness (QED) is 0.521. The molecule has 0 aromatic carbocycles. The summed E-state index contributed by atoms with van der Waals surface area (Å²) in [4.78, 5) is 23.1. The van der Waals surface area contributed by atoms with Crippen LogP contribution in [0, 0.1) is 5.41 Å². The van der Waals surface area contributed by atoms with Crippen molar-refractivity contribution in [3.63, 3.8) is 0 Å². The zero-order valence-corrected chi connectivity index (χ0v) is 11.4. The number of rotatable bonds is 7. The third-order valence-electron chi connectivity index (χ3n) is 2.67. The fraction of sp³-hybridized carbons (Fsp3) is 0.727. The second kappa shape index (κ2) is 7.21. The van der Waals surface area contributed by atoms with Crippen molar-refractivity contribution in [2.75, 3.05) is 13.2 Å². The zero-order chi connectivity index (χ0) is 13.5. The van der Waals surface area contributed by atoms with Crippen LogP contribution in [0.15, 0.2) is 0 Å². The average molecular weight is 260 g/mol. The van der Waals surface area contributed by atoms with Gasteiger partial charge in [-0.3, -0.25) is 9.59 Å². The SMILES string of the molecule is CCOC(=O)CCNC(=O)C(C)(CC)C(N)=S. The fourth-order valence-corrected chi connectivity index (χ4v) is 1.39. The van der Waals surface area contributed by atoms with Gasteiger partial charge >= 0.3 is 5.97 Å². The van der Waals surface area contributed by atoms with Crippen molar-refractivity contribution < 1.29 is 14.3 Å². The number of ether oxygens (including phenoxy) is 1. The van der Waals surface area contributed by atoms with E-state index in [2.05, 4.69) is 5.32 Å². The van der Waals surface area contributed by atoms with E-state index in [1.165, 1.54) is 0 Å². The van der Waals surface area contributed by atoms with Gasteiger partial charge in [-0.2, -0.15) is 0 Å². The van der Waals surface area contributed by atoms with Gasteiger partial charge in [0.1, 0.15) is 0 Å². The summed E-state index contributed by atoms with van der Waals surface area (Å²) in [7, 11) is 0. The first-order chi connectivity index (χ1) is 7.88. The molecule has 0 heterocycles. The van der Waals surface area contributed by atoms with Crippen LogP contribution < -0.4 is 11.1 Å². The van der Waals surface area contributed by atoms with Crippen molar-refractivity contribution in [2.24, 2.45) is 11.1 Å². The molecule has 0 aromatic heterocycles. The lowest BCUT2D eigenvalue weighted by Crippen LogP contribution is -2.47. The summed E-state index contributed by atoms with van der Waals surface area (Å²) < 4.78 is 4.74. The molecule has 1 atom stereocenters. The lowest BCUT2D eigenvalue weighted by atomic mass is 9.86. The highest BCUT2D eigenvalue weighted by Gasteiger charge is 2.34. The molecule has 0 radical (unpaired) electrons. The van der Waals surface area contributed by atoms with E-state index in [0.29, 0.717) is 13.0 Å². The van der Waals surface area contributed by atoms with E-state index in [1.807, 2.05) is 6.92 Å². The molecule has 0 aliphatic rings. The molecule has 0 saturated carbocycles. The summed E-state index contributed by atoms with van der Waals surface area (Å²) >= 11 is 4.87. The summed E-state index contributed by atoms with van der Waals surface area (Å²) in [5, 5.41) is 2.64. The Morgan fingerprint density at radius 3 is 2.41 bits per heavy atom. The standard InChI is InChI=1S/C11H20N2O3S/c1-4-11(3,9(12)17)10(15)13-7-6-8(14)16-5-2/h4-7H2,1-3H3,(H2,12,17)(H,13,15). The minimum Gasteiger partial charge on any atom is -0.466 e. The summed E-state index contributed by atoms with van der Waals surface area (Å²) in [6.45, 7) is 5.83. The summed E-state index contributed by atoms with van der Waals surface area (Å²) in [6.07, 6.45) is 0.671. The van der Waals surface area contributed by atoms with Crippen LogP contribution >= 0.6 is 12.2 Å². The van der Waals surface area contributed by atoms with Crippen LogP contribution in [0.2, 0.25) is 0 Å². The molecule has 6 heteroatoms. The Labute approximate surface area is 107 Å². The maximum atomic E-state index is 11.8. The predicted molar refractivity (Wildman–Crippen MR) is 69.4 cm³/mol. The number of thiocarbonyl (C=S) groups is 1. The third-order valence-corrected chi connectivity index (χ3v) is 3.12. The molecule has 0 fully saturated rings. The Morgan fingerprint density at radius 1 is 1.41 bits per heavy atom. The normalized spacial score (nSPS) is 13.6. The Kier molecular flexibility index (Phi) is 6.72. The maximum Gasteiger partial charge on any atom is 0.307 e. The Morgan fingerprint density at radius 2 is 2.00 bits per heavy atom. The van der Waals surface area contributed by atoms with Crippen molar-refractivity contribution >= 4 is 29.1 Å². The van der Waals surface area contributed by atoms with Gasteiger partial charge in [0.25, 0.3) is 0 Å². The molecule has 0 aliphatic carbocycles. The van der Waals surface area contributed by atoms with E-state index in [-0.39, 0.29) is 29.8 Å². The minimum absolute atomic E-state index is 0.150. The number of carbonyl (C=O) groups is 2. The van der Waals surface area contributed by atoms with Gasteiger partial charge in [-0.1, -0.05) is 19.1 Å². The molecule has 3 N–H and O–H groups in total. The van der Waals surface area contributed by atoms with Crippen molar-refractivity contribution in [3.05, 3.63) is 0 Å². The summed E-state index contributed by atoms with van der Waals surface area (Å²) in [6, 6.07) is 0. The number of hydrogen-bond acceptors (Lipinski definition) is 4. The van der Waals surface area contributed by atoms with Gasteiger partial charge < -0.3 is 15.8 Å². The van der Waals surface area contributed by atoms with Gasteiger partial charge in [0.2, 0.25) is 5.91 Å². The third kappa shape index (κ3) is 4.68. The van der Waals surface area contributed by atoms with Gasteiger partial charge in [0, 0.05) is 6.54 Å². The van der Waals surface area contributed by atoms with E-state index < -0.39 is 5.41 Å². The average Bonchev–Trinajstić information content (AvgIpc) is 2.27. The summed E-state index contributed by atoms with van der Waals surface area (Å²) in [5.41, 5.74) is 4.68. The van der Waals surface area contributed by atoms with Crippen LogP contribution in [0.1, 0.15) is 33.6 Å². The van der Waals surface area contributed by atoms with Crippen LogP contribution in [0.25, 0.3) is 0 Å². The molecule has 1 unspecified atom stereocenters. The first-order valence-corrected chi connectivity index (χ1v) is 6.03. The van der Waals surface area contributed by atoms with Crippen molar-refractivity contribution in [1.29, 1.82) is 0 Å². The number of carbonyl (C=O) groups excluding carboxylic acids is 2. The topological polar surface area (TPSA) is 81.4 Å². The molecule has 0 spiro atoms. The van der Waals surface area contributed by atoms with E-state index >= 15 is 0 Å². The van der Waals surface area contributed by atoms with Gasteiger partial charge in [-0.15, -0.1) is 0 Å². The van der Waals surface area contributed by atoms with E-state index in [0.717, 1.165) is 0 Å². The van der Waals surface area contributed by atoms with Crippen LogP contribution in [-0.4, -0.2) is 30.0 Å². The number of nitrogens with two attached hydrogens (primary N) is 1. The van der Waals surface area contributed by atoms with Crippen LogP contribution in [0.4, 0.5) is 0 Å². The van der Waals surface area contributed by atoms with Gasteiger partial charge in [0.05, 0.1) is 23.4 Å². The maximum absolute atomic E-state index is 11.8. The van der Waals surface area contributed by atoms with Gasteiger partial charge in [0.15, 0.2) is 0 Å². The second-order valence-corrected chi connectivity index (χ2v) is 4.30.